The molecule has 1 aromatic heterocycles. The van der Waals surface area contributed by atoms with Crippen molar-refractivity contribution in [2.75, 3.05) is 20.1 Å². The number of aromatic nitrogens is 2. The Hall–Kier alpha value is -1.98. The molecule has 1 heterocycles. The van der Waals surface area contributed by atoms with Gasteiger partial charge in [-0.15, -0.1) is 24.0 Å². The fourth-order valence-electron chi connectivity index (χ4n) is 2.46. The molecular formula is C19H28F2IN5O2. The van der Waals surface area contributed by atoms with Crippen molar-refractivity contribution in [1.29, 1.82) is 0 Å². The normalized spacial score (nSPS) is 11.5. The van der Waals surface area contributed by atoms with Gasteiger partial charge in [0.05, 0.1) is 6.54 Å². The van der Waals surface area contributed by atoms with Gasteiger partial charge in [0, 0.05) is 32.5 Å². The third-order valence-electron chi connectivity index (χ3n) is 3.85. The van der Waals surface area contributed by atoms with E-state index in [1.165, 1.54) is 12.1 Å². The Morgan fingerprint density at radius 2 is 1.97 bits per heavy atom. The minimum Gasteiger partial charge on any atom is -0.435 e. The second kappa shape index (κ2) is 12.6. The molecule has 0 saturated carbocycles. The van der Waals surface area contributed by atoms with Crippen molar-refractivity contribution in [2.24, 2.45) is 4.99 Å². The van der Waals surface area contributed by atoms with E-state index in [0.717, 1.165) is 18.1 Å². The summed E-state index contributed by atoms with van der Waals surface area (Å²) in [7, 11) is 1.91. The number of nitrogens with zero attached hydrogens (tertiary/aromatic N) is 4. The highest BCUT2D eigenvalue weighted by molar-refractivity contribution is 14.0. The van der Waals surface area contributed by atoms with Gasteiger partial charge in [0.25, 0.3) is 0 Å². The fraction of sp³-hybridized carbons (Fsp3) is 0.526. The molecular weight excluding hydrogens is 495 g/mol. The molecule has 29 heavy (non-hydrogen) atoms. The second-order valence-electron chi connectivity index (χ2n) is 6.57. The van der Waals surface area contributed by atoms with Crippen molar-refractivity contribution in [2.45, 2.75) is 46.3 Å². The summed E-state index contributed by atoms with van der Waals surface area (Å²) in [6, 6.07) is 6.57. The van der Waals surface area contributed by atoms with Gasteiger partial charge in [0.15, 0.2) is 11.8 Å². The lowest BCUT2D eigenvalue weighted by atomic mass is 10.2. The van der Waals surface area contributed by atoms with Gasteiger partial charge in [-0.05, 0) is 24.6 Å². The predicted molar refractivity (Wildman–Crippen MR) is 118 cm³/mol. The number of rotatable bonds is 9. The zero-order valence-corrected chi connectivity index (χ0v) is 19.4. The van der Waals surface area contributed by atoms with E-state index >= 15 is 0 Å². The van der Waals surface area contributed by atoms with E-state index in [9.17, 15) is 8.78 Å². The maximum absolute atomic E-state index is 12.2. The molecule has 2 aromatic rings. The van der Waals surface area contributed by atoms with Crippen molar-refractivity contribution < 1.29 is 18.0 Å². The summed E-state index contributed by atoms with van der Waals surface area (Å²) < 4.78 is 34.1. The van der Waals surface area contributed by atoms with Crippen molar-refractivity contribution >= 4 is 29.9 Å². The van der Waals surface area contributed by atoms with Crippen LogP contribution in [0.2, 0.25) is 0 Å². The molecule has 0 amide bonds. The Balaban J connectivity index is 0.00000420. The molecule has 0 fully saturated rings. The van der Waals surface area contributed by atoms with Crippen LogP contribution in [0.5, 0.6) is 5.75 Å². The summed E-state index contributed by atoms with van der Waals surface area (Å²) in [5.74, 6) is 2.37. The molecule has 162 valence electrons. The maximum atomic E-state index is 12.2. The number of halogens is 3. The van der Waals surface area contributed by atoms with Gasteiger partial charge in [0.2, 0.25) is 5.89 Å². The van der Waals surface area contributed by atoms with Crippen LogP contribution in [0.1, 0.15) is 44.0 Å². The Morgan fingerprint density at radius 1 is 1.28 bits per heavy atom. The molecule has 0 aliphatic rings. The highest BCUT2D eigenvalue weighted by Gasteiger charge is 2.11. The van der Waals surface area contributed by atoms with Crippen LogP contribution in [0, 0.1) is 0 Å². The van der Waals surface area contributed by atoms with Crippen LogP contribution in [0.4, 0.5) is 8.78 Å². The topological polar surface area (TPSA) is 75.8 Å². The van der Waals surface area contributed by atoms with Crippen molar-refractivity contribution in [3.8, 4) is 5.75 Å². The fourth-order valence-corrected chi connectivity index (χ4v) is 2.46. The number of guanidine groups is 1. The minimum atomic E-state index is -2.82. The van der Waals surface area contributed by atoms with E-state index in [-0.39, 0.29) is 35.6 Å². The Bertz CT molecular complexity index is 753. The average Bonchev–Trinajstić information content (AvgIpc) is 3.11. The number of nitrogens with one attached hydrogen (secondary N) is 1. The highest BCUT2D eigenvalue weighted by Crippen LogP contribution is 2.16. The molecule has 1 aromatic carbocycles. The van der Waals surface area contributed by atoms with Crippen LogP contribution in [0.15, 0.2) is 33.8 Å². The van der Waals surface area contributed by atoms with Gasteiger partial charge in [0.1, 0.15) is 5.75 Å². The first-order valence-electron chi connectivity index (χ1n) is 9.24. The number of aliphatic imine (C=N–C) groups is 1. The van der Waals surface area contributed by atoms with Crippen LogP contribution in [0.3, 0.4) is 0 Å². The van der Waals surface area contributed by atoms with E-state index < -0.39 is 6.61 Å². The zero-order chi connectivity index (χ0) is 20.5. The maximum Gasteiger partial charge on any atom is 0.387 e. The van der Waals surface area contributed by atoms with E-state index in [1.807, 2.05) is 32.7 Å². The largest absolute Gasteiger partial charge is 0.435 e. The first-order chi connectivity index (χ1) is 13.4. The monoisotopic (exact) mass is 523 g/mol. The number of hydrogen-bond donors (Lipinski definition) is 1. The third-order valence-corrected chi connectivity index (χ3v) is 3.85. The van der Waals surface area contributed by atoms with Gasteiger partial charge < -0.3 is 19.5 Å². The minimum absolute atomic E-state index is 0. The summed E-state index contributed by atoms with van der Waals surface area (Å²) in [6.45, 7) is 4.99. The van der Waals surface area contributed by atoms with Crippen LogP contribution in [-0.2, 0) is 13.0 Å². The van der Waals surface area contributed by atoms with Crippen LogP contribution >= 0.6 is 24.0 Å². The number of ether oxygens (including phenoxy) is 1. The van der Waals surface area contributed by atoms with Crippen molar-refractivity contribution in [1.82, 2.24) is 20.4 Å². The molecule has 0 radical (unpaired) electrons. The molecule has 0 spiro atoms. The SMILES string of the molecule is CCNC(=NCCc1nc(C(C)C)no1)N(C)Cc1ccc(OC(F)F)cc1.I. The summed E-state index contributed by atoms with van der Waals surface area (Å²) in [5, 5.41) is 7.18. The highest BCUT2D eigenvalue weighted by atomic mass is 127. The Labute approximate surface area is 186 Å². The van der Waals surface area contributed by atoms with Gasteiger partial charge in [-0.3, -0.25) is 4.99 Å². The molecule has 10 heteroatoms. The molecule has 0 saturated heterocycles. The molecule has 0 aliphatic heterocycles. The standard InChI is InChI=1S/C19H27F2N5O2.HI/c1-5-22-19(23-11-10-16-24-17(13(2)3)25-28-16)26(4)12-14-6-8-15(9-7-14)27-18(20)21;/h6-9,13,18H,5,10-12H2,1-4H3,(H,22,23);1H. The summed E-state index contributed by atoms with van der Waals surface area (Å²) in [6.07, 6.45) is 0.558. The summed E-state index contributed by atoms with van der Waals surface area (Å²) >= 11 is 0. The van der Waals surface area contributed by atoms with Crippen molar-refractivity contribution in [3.63, 3.8) is 0 Å². The smallest absolute Gasteiger partial charge is 0.387 e. The van der Waals surface area contributed by atoms with Gasteiger partial charge >= 0.3 is 6.61 Å². The van der Waals surface area contributed by atoms with Gasteiger partial charge in [-0.2, -0.15) is 13.8 Å². The number of benzene rings is 1. The quantitative estimate of drug-likeness (QED) is 0.304. The van der Waals surface area contributed by atoms with E-state index in [2.05, 4.69) is 25.2 Å². The number of alkyl halides is 2. The molecule has 0 bridgehead atoms. The van der Waals surface area contributed by atoms with Crippen LogP contribution in [0.25, 0.3) is 0 Å². The first-order valence-corrected chi connectivity index (χ1v) is 9.24. The van der Waals surface area contributed by atoms with Crippen LogP contribution in [-0.4, -0.2) is 47.7 Å². The Kier molecular flexibility index (Phi) is 10.8. The lowest BCUT2D eigenvalue weighted by Crippen LogP contribution is -2.38. The van der Waals surface area contributed by atoms with E-state index in [1.54, 1.807) is 12.1 Å². The van der Waals surface area contributed by atoms with Gasteiger partial charge in [-0.25, -0.2) is 0 Å². The van der Waals surface area contributed by atoms with Crippen molar-refractivity contribution in [3.05, 3.63) is 41.5 Å². The lowest BCUT2D eigenvalue weighted by molar-refractivity contribution is -0.0498. The lowest BCUT2D eigenvalue weighted by Gasteiger charge is -2.22. The first kappa shape index (κ1) is 25.1. The number of hydrogen-bond acceptors (Lipinski definition) is 5. The predicted octanol–water partition coefficient (Wildman–Crippen LogP) is 4.05. The Morgan fingerprint density at radius 3 is 2.52 bits per heavy atom. The molecule has 0 unspecified atom stereocenters. The molecule has 7 nitrogen and oxygen atoms in total. The van der Waals surface area contributed by atoms with Crippen LogP contribution < -0.4 is 10.1 Å². The zero-order valence-electron chi connectivity index (χ0n) is 17.1. The van der Waals surface area contributed by atoms with E-state index in [0.29, 0.717) is 31.2 Å². The second-order valence-corrected chi connectivity index (χ2v) is 6.57. The summed E-state index contributed by atoms with van der Waals surface area (Å²) in [4.78, 5) is 10.9. The molecule has 0 aliphatic carbocycles. The molecule has 1 N–H and O–H groups in total. The molecule has 2 rings (SSSR count). The summed E-state index contributed by atoms with van der Waals surface area (Å²) in [5.41, 5.74) is 0.952. The van der Waals surface area contributed by atoms with E-state index in [4.69, 9.17) is 4.52 Å². The third kappa shape index (κ3) is 8.50. The molecule has 0 atom stereocenters. The average molecular weight is 523 g/mol. The van der Waals surface area contributed by atoms with Gasteiger partial charge in [-0.1, -0.05) is 31.1 Å².